The lowest BCUT2D eigenvalue weighted by atomic mass is 9.48. The van der Waals surface area contributed by atoms with Gasteiger partial charge >= 0.3 is 0 Å². The highest BCUT2D eigenvalue weighted by molar-refractivity contribution is 7.99. The first-order valence-electron chi connectivity index (χ1n) is 11.9. The van der Waals surface area contributed by atoms with Gasteiger partial charge in [0.05, 0.1) is 6.26 Å². The zero-order valence-electron chi connectivity index (χ0n) is 19.9. The molecule has 2 nitrogen and oxygen atoms in total. The maximum atomic E-state index is 13.1. The van der Waals surface area contributed by atoms with Gasteiger partial charge in [-0.2, -0.15) is 0 Å². The molecule has 0 radical (unpaired) electrons. The fourth-order valence-electron chi connectivity index (χ4n) is 6.49. The van der Waals surface area contributed by atoms with Crippen LogP contribution in [0.5, 0.6) is 0 Å². The smallest absolute Gasteiger partial charge is 0.171 e. The highest BCUT2D eigenvalue weighted by Crippen LogP contribution is 2.59. The van der Waals surface area contributed by atoms with Crippen LogP contribution in [0, 0.1) is 22.7 Å². The molecule has 0 aliphatic heterocycles. The molecular weight excluding hydrogens is 424 g/mol. The molecule has 1 saturated carbocycles. The van der Waals surface area contributed by atoms with E-state index in [1.54, 1.807) is 18.0 Å². The van der Waals surface area contributed by atoms with Crippen LogP contribution in [0.15, 0.2) is 86.9 Å². The molecule has 0 spiro atoms. The van der Waals surface area contributed by atoms with Crippen molar-refractivity contribution in [3.63, 3.8) is 0 Å². The van der Waals surface area contributed by atoms with Crippen LogP contribution in [-0.4, -0.2) is 5.78 Å². The van der Waals surface area contributed by atoms with E-state index < -0.39 is 0 Å². The topological polar surface area (TPSA) is 30.2 Å². The molecule has 1 heterocycles. The summed E-state index contributed by atoms with van der Waals surface area (Å²) in [6.45, 7) is 9.01. The van der Waals surface area contributed by atoms with Crippen LogP contribution in [0.4, 0.5) is 0 Å². The monoisotopic (exact) mass is 456 g/mol. The van der Waals surface area contributed by atoms with Gasteiger partial charge in [-0.1, -0.05) is 87.0 Å². The van der Waals surface area contributed by atoms with Gasteiger partial charge in [-0.15, -0.1) is 0 Å². The Morgan fingerprint density at radius 3 is 2.64 bits per heavy atom. The van der Waals surface area contributed by atoms with Crippen molar-refractivity contribution in [2.45, 2.75) is 56.9 Å². The molecular formula is C30H32O2S. The van der Waals surface area contributed by atoms with Crippen molar-refractivity contribution >= 4 is 34.4 Å². The van der Waals surface area contributed by atoms with E-state index in [1.165, 1.54) is 27.7 Å². The molecule has 2 aromatic carbocycles. The molecule has 0 unspecified atom stereocenters. The summed E-state index contributed by atoms with van der Waals surface area (Å²) >= 11 is 1.66. The van der Waals surface area contributed by atoms with Gasteiger partial charge in [-0.05, 0) is 65.6 Å². The summed E-state index contributed by atoms with van der Waals surface area (Å²) in [5, 5.41) is 3.38. The van der Waals surface area contributed by atoms with Crippen LogP contribution in [0.2, 0.25) is 0 Å². The zero-order chi connectivity index (χ0) is 23.2. The van der Waals surface area contributed by atoms with Gasteiger partial charge in [0, 0.05) is 22.3 Å². The summed E-state index contributed by atoms with van der Waals surface area (Å²) < 4.78 is 5.87. The Balaban J connectivity index is 1.43. The van der Waals surface area contributed by atoms with Crippen molar-refractivity contribution in [3.8, 4) is 0 Å². The Morgan fingerprint density at radius 2 is 1.82 bits per heavy atom. The SMILES string of the molecule is CC1=CC(=O)[C@H]2C(C)(C)CCC[C@]2(C)[C@H]1/C=C/c1ccoc1Sc1ccc2ccccc2c1. The third-order valence-electron chi connectivity index (χ3n) is 7.89. The lowest BCUT2D eigenvalue weighted by Gasteiger charge is -2.55. The van der Waals surface area contributed by atoms with Crippen LogP contribution in [0.25, 0.3) is 16.8 Å². The second-order valence-corrected chi connectivity index (χ2v) is 11.7. The van der Waals surface area contributed by atoms with Crippen LogP contribution in [0.1, 0.15) is 52.5 Å². The van der Waals surface area contributed by atoms with E-state index in [9.17, 15) is 4.79 Å². The maximum absolute atomic E-state index is 13.1. The Kier molecular flexibility index (Phi) is 5.64. The molecule has 0 saturated heterocycles. The first-order valence-corrected chi connectivity index (χ1v) is 12.7. The van der Waals surface area contributed by atoms with Crippen molar-refractivity contribution in [2.75, 3.05) is 0 Å². The number of hydrogen-bond acceptors (Lipinski definition) is 3. The van der Waals surface area contributed by atoms with E-state index in [2.05, 4.69) is 82.3 Å². The quantitative estimate of drug-likeness (QED) is 0.394. The molecule has 170 valence electrons. The summed E-state index contributed by atoms with van der Waals surface area (Å²) in [7, 11) is 0. The minimum absolute atomic E-state index is 0.0381. The maximum Gasteiger partial charge on any atom is 0.171 e. The average molecular weight is 457 g/mol. The highest BCUT2D eigenvalue weighted by atomic mass is 32.2. The van der Waals surface area contributed by atoms with Crippen LogP contribution >= 0.6 is 11.8 Å². The van der Waals surface area contributed by atoms with Gasteiger partial charge in [0.2, 0.25) is 0 Å². The van der Waals surface area contributed by atoms with E-state index in [4.69, 9.17) is 4.42 Å². The van der Waals surface area contributed by atoms with Crippen molar-refractivity contribution < 1.29 is 9.21 Å². The van der Waals surface area contributed by atoms with Gasteiger partial charge < -0.3 is 4.42 Å². The molecule has 2 aliphatic rings. The van der Waals surface area contributed by atoms with Crippen LogP contribution in [-0.2, 0) is 4.79 Å². The number of ketones is 1. The van der Waals surface area contributed by atoms with Gasteiger partial charge in [0.25, 0.3) is 0 Å². The lowest BCUT2D eigenvalue weighted by Crippen LogP contribution is -2.52. The number of carbonyl (C=O) groups excluding carboxylic acids is 1. The fourth-order valence-corrected chi connectivity index (χ4v) is 7.38. The molecule has 3 heteroatoms. The Labute approximate surface area is 201 Å². The average Bonchev–Trinajstić information content (AvgIpc) is 3.19. The lowest BCUT2D eigenvalue weighted by molar-refractivity contribution is -0.134. The first kappa shape index (κ1) is 22.3. The summed E-state index contributed by atoms with van der Waals surface area (Å²) in [6, 6.07) is 17.0. The number of allylic oxidation sites excluding steroid dienone is 3. The number of hydrogen-bond donors (Lipinski definition) is 0. The molecule has 1 fully saturated rings. The van der Waals surface area contributed by atoms with Crippen molar-refractivity contribution in [1.82, 2.24) is 0 Å². The molecule has 2 aliphatic carbocycles. The number of furan rings is 1. The molecule has 0 N–H and O–H groups in total. The summed E-state index contributed by atoms with van der Waals surface area (Å²) in [5.74, 6) is 0.654. The Hall–Kier alpha value is -2.52. The third kappa shape index (κ3) is 4.01. The molecule has 0 amide bonds. The summed E-state index contributed by atoms with van der Waals surface area (Å²) in [5.41, 5.74) is 2.27. The predicted octanol–water partition coefficient (Wildman–Crippen LogP) is 8.58. The zero-order valence-corrected chi connectivity index (χ0v) is 20.7. The van der Waals surface area contributed by atoms with Crippen molar-refractivity contribution in [3.05, 3.63) is 78.1 Å². The number of carbonyl (C=O) groups is 1. The molecule has 0 bridgehead atoms. The van der Waals surface area contributed by atoms with E-state index in [0.717, 1.165) is 23.5 Å². The first-order chi connectivity index (χ1) is 15.8. The second-order valence-electron chi connectivity index (χ2n) is 10.7. The van der Waals surface area contributed by atoms with Crippen LogP contribution in [0.3, 0.4) is 0 Å². The normalized spacial score (nSPS) is 27.0. The molecule has 3 atom stereocenters. The van der Waals surface area contributed by atoms with E-state index in [-0.39, 0.29) is 22.7 Å². The molecule has 5 rings (SSSR count). The van der Waals surface area contributed by atoms with E-state index >= 15 is 0 Å². The van der Waals surface area contributed by atoms with E-state index in [1.807, 2.05) is 12.1 Å². The standard InChI is InChI=1S/C30H32O2S/c1-20-18-26(31)27-29(2,3)15-7-16-30(27,4)25(20)13-11-22-14-17-32-28(22)33-24-12-10-21-8-5-6-9-23(21)19-24/h5-6,8-14,17-19,25,27H,7,15-16H2,1-4H3/b13-11+/t25-,27-,30+/m0/s1. The predicted molar refractivity (Wildman–Crippen MR) is 137 cm³/mol. The minimum atomic E-state index is -0.0381. The third-order valence-corrected chi connectivity index (χ3v) is 8.90. The number of benzene rings is 2. The second kappa shape index (κ2) is 8.36. The number of rotatable bonds is 4. The summed E-state index contributed by atoms with van der Waals surface area (Å²) in [6.07, 6.45) is 11.6. The fraction of sp³-hybridized carbons (Fsp3) is 0.367. The van der Waals surface area contributed by atoms with E-state index in [0.29, 0.717) is 5.78 Å². The van der Waals surface area contributed by atoms with Gasteiger partial charge in [-0.25, -0.2) is 0 Å². The van der Waals surface area contributed by atoms with Crippen LogP contribution < -0.4 is 0 Å². The minimum Gasteiger partial charge on any atom is -0.457 e. The Morgan fingerprint density at radius 1 is 1.03 bits per heavy atom. The summed E-state index contributed by atoms with van der Waals surface area (Å²) in [4.78, 5) is 14.2. The van der Waals surface area contributed by atoms with Crippen molar-refractivity contribution in [2.24, 2.45) is 22.7 Å². The van der Waals surface area contributed by atoms with Crippen molar-refractivity contribution in [1.29, 1.82) is 0 Å². The van der Waals surface area contributed by atoms with Gasteiger partial charge in [0.15, 0.2) is 10.9 Å². The Bertz CT molecular complexity index is 1260. The van der Waals surface area contributed by atoms with Gasteiger partial charge in [0.1, 0.15) is 0 Å². The number of fused-ring (bicyclic) bond motifs is 2. The molecule has 33 heavy (non-hydrogen) atoms. The largest absolute Gasteiger partial charge is 0.457 e. The molecule has 1 aromatic heterocycles. The van der Waals surface area contributed by atoms with Gasteiger partial charge in [-0.3, -0.25) is 4.79 Å². The highest BCUT2D eigenvalue weighted by Gasteiger charge is 2.54. The molecule has 3 aromatic rings.